The summed E-state index contributed by atoms with van der Waals surface area (Å²) >= 11 is 3.37. The van der Waals surface area contributed by atoms with E-state index in [1.54, 1.807) is 30.6 Å². The number of anilines is 1. The van der Waals surface area contributed by atoms with Crippen molar-refractivity contribution in [2.45, 2.75) is 6.92 Å². The number of nitrogens with one attached hydrogen (secondary N) is 2. The molecule has 0 aliphatic rings. The Kier molecular flexibility index (Phi) is 5.43. The number of carbonyl (C=O) groups excluding carboxylic acids is 2. The number of halogens is 1. The molecule has 26 heavy (non-hydrogen) atoms. The molecule has 0 radical (unpaired) electrons. The largest absolute Gasteiger partial charge is 0.355 e. The fourth-order valence-electron chi connectivity index (χ4n) is 2.25. The third-order valence-electron chi connectivity index (χ3n) is 3.58. The quantitative estimate of drug-likeness (QED) is 0.667. The average molecular weight is 415 g/mol. The van der Waals surface area contributed by atoms with Crippen LogP contribution in [-0.2, 0) is 4.79 Å². The lowest BCUT2D eigenvalue weighted by molar-refractivity contribution is -0.115. The molecule has 8 heteroatoms. The molecule has 2 heterocycles. The Morgan fingerprint density at radius 1 is 1.15 bits per heavy atom. The van der Waals surface area contributed by atoms with Crippen molar-refractivity contribution in [3.63, 3.8) is 0 Å². The van der Waals surface area contributed by atoms with Gasteiger partial charge in [-0.25, -0.2) is 0 Å². The number of aryl methyl sites for hydroxylation is 1. The Morgan fingerprint density at radius 2 is 1.92 bits per heavy atom. The first-order valence-electron chi connectivity index (χ1n) is 7.74. The number of nitrogens with zero attached hydrogens (tertiary/aromatic N) is 2. The van der Waals surface area contributed by atoms with Gasteiger partial charge >= 0.3 is 0 Å². The molecule has 0 saturated heterocycles. The number of carbonyl (C=O) groups is 2. The summed E-state index contributed by atoms with van der Waals surface area (Å²) in [6.07, 6.45) is 3.23. The van der Waals surface area contributed by atoms with Gasteiger partial charge in [-0.3, -0.25) is 14.6 Å². The lowest BCUT2D eigenvalue weighted by atomic mass is 10.2. The molecule has 132 valence electrons. The molecule has 0 bridgehead atoms. The van der Waals surface area contributed by atoms with Gasteiger partial charge < -0.3 is 15.2 Å². The number of pyridine rings is 1. The highest BCUT2D eigenvalue weighted by Crippen LogP contribution is 2.20. The molecule has 2 N–H and O–H groups in total. The van der Waals surface area contributed by atoms with Crippen LogP contribution < -0.4 is 10.6 Å². The zero-order valence-electron chi connectivity index (χ0n) is 13.8. The van der Waals surface area contributed by atoms with Crippen LogP contribution in [0.1, 0.15) is 16.1 Å². The number of benzene rings is 1. The Bertz CT molecular complexity index is 941. The summed E-state index contributed by atoms with van der Waals surface area (Å²) in [5.41, 5.74) is 2.46. The van der Waals surface area contributed by atoms with Gasteiger partial charge in [-0.05, 0) is 42.8 Å². The van der Waals surface area contributed by atoms with E-state index >= 15 is 0 Å². The molecule has 3 rings (SSSR count). The molecule has 3 aromatic rings. The van der Waals surface area contributed by atoms with Crippen LogP contribution in [-0.4, -0.2) is 28.5 Å². The molecule has 1 aromatic carbocycles. The summed E-state index contributed by atoms with van der Waals surface area (Å²) < 4.78 is 6.09. The smallest absolute Gasteiger partial charge is 0.273 e. The molecule has 0 unspecified atom stereocenters. The van der Waals surface area contributed by atoms with Crippen LogP contribution in [0.5, 0.6) is 0 Å². The van der Waals surface area contributed by atoms with Crippen LogP contribution >= 0.6 is 15.9 Å². The van der Waals surface area contributed by atoms with Crippen molar-refractivity contribution < 1.29 is 14.1 Å². The van der Waals surface area contributed by atoms with Crippen LogP contribution in [0.4, 0.5) is 5.69 Å². The van der Waals surface area contributed by atoms with E-state index in [1.807, 2.05) is 19.1 Å². The highest BCUT2D eigenvalue weighted by atomic mass is 79.9. The van der Waals surface area contributed by atoms with Crippen molar-refractivity contribution in [2.75, 3.05) is 11.9 Å². The van der Waals surface area contributed by atoms with Crippen LogP contribution in [0.2, 0.25) is 0 Å². The van der Waals surface area contributed by atoms with Crippen molar-refractivity contribution in [3.05, 3.63) is 64.5 Å². The van der Waals surface area contributed by atoms with Crippen molar-refractivity contribution in [3.8, 4) is 11.3 Å². The zero-order chi connectivity index (χ0) is 18.5. The maximum atomic E-state index is 12.1. The van der Waals surface area contributed by atoms with Gasteiger partial charge in [0.2, 0.25) is 5.91 Å². The Labute approximate surface area is 157 Å². The normalized spacial score (nSPS) is 10.4. The van der Waals surface area contributed by atoms with E-state index in [4.69, 9.17) is 4.52 Å². The van der Waals surface area contributed by atoms with E-state index in [9.17, 15) is 9.59 Å². The first kappa shape index (κ1) is 17.8. The number of rotatable bonds is 5. The summed E-state index contributed by atoms with van der Waals surface area (Å²) in [6.45, 7) is 1.71. The predicted octanol–water partition coefficient (Wildman–Crippen LogP) is 3.18. The van der Waals surface area contributed by atoms with Gasteiger partial charge in [0.1, 0.15) is 0 Å². The van der Waals surface area contributed by atoms with Crippen molar-refractivity contribution in [2.24, 2.45) is 0 Å². The van der Waals surface area contributed by atoms with E-state index in [1.165, 1.54) is 6.07 Å². The number of amides is 2. The molecule has 0 atom stereocenters. The van der Waals surface area contributed by atoms with Crippen LogP contribution in [0.3, 0.4) is 0 Å². The molecule has 0 aliphatic heterocycles. The standard InChI is InChI=1S/C18H15BrN4O3/c1-11-8-13(19)2-3-14(11)22-17(24)10-21-18(25)15-9-16(26-23-15)12-4-6-20-7-5-12/h2-9H,10H2,1H3,(H,21,25)(H,22,24). The fraction of sp³-hybridized carbons (Fsp3) is 0.111. The van der Waals surface area contributed by atoms with Gasteiger partial charge in [0, 0.05) is 34.2 Å². The zero-order valence-corrected chi connectivity index (χ0v) is 15.4. The molecular formula is C18H15BrN4O3. The van der Waals surface area contributed by atoms with E-state index in [-0.39, 0.29) is 18.1 Å². The van der Waals surface area contributed by atoms with Gasteiger partial charge in [-0.1, -0.05) is 21.1 Å². The minimum absolute atomic E-state index is 0.101. The molecule has 2 amide bonds. The fourth-order valence-corrected chi connectivity index (χ4v) is 2.72. The molecule has 2 aromatic heterocycles. The molecule has 0 aliphatic carbocycles. The van der Waals surface area contributed by atoms with Gasteiger partial charge in [-0.2, -0.15) is 0 Å². The highest BCUT2D eigenvalue weighted by molar-refractivity contribution is 9.10. The Morgan fingerprint density at radius 3 is 2.65 bits per heavy atom. The summed E-state index contributed by atoms with van der Waals surface area (Å²) in [7, 11) is 0. The summed E-state index contributed by atoms with van der Waals surface area (Å²) in [6, 6.07) is 10.5. The van der Waals surface area contributed by atoms with Gasteiger partial charge in [-0.15, -0.1) is 0 Å². The third-order valence-corrected chi connectivity index (χ3v) is 4.07. The summed E-state index contributed by atoms with van der Waals surface area (Å²) in [5.74, 6) is -0.370. The minimum atomic E-state index is -0.489. The Hall–Kier alpha value is -3.00. The molecule has 0 fully saturated rings. The lowest BCUT2D eigenvalue weighted by Crippen LogP contribution is -2.33. The maximum absolute atomic E-state index is 12.1. The number of aromatic nitrogens is 2. The highest BCUT2D eigenvalue weighted by Gasteiger charge is 2.15. The van der Waals surface area contributed by atoms with Crippen LogP contribution in [0, 0.1) is 6.92 Å². The SMILES string of the molecule is Cc1cc(Br)ccc1NC(=O)CNC(=O)c1cc(-c2ccncc2)on1. The van der Waals surface area contributed by atoms with Crippen molar-refractivity contribution >= 4 is 33.4 Å². The minimum Gasteiger partial charge on any atom is -0.355 e. The van der Waals surface area contributed by atoms with E-state index < -0.39 is 5.91 Å². The van der Waals surface area contributed by atoms with E-state index in [0.717, 1.165) is 15.6 Å². The predicted molar refractivity (Wildman–Crippen MR) is 99.6 cm³/mol. The first-order chi connectivity index (χ1) is 12.5. The second-order valence-electron chi connectivity index (χ2n) is 5.50. The second kappa shape index (κ2) is 7.92. The first-order valence-corrected chi connectivity index (χ1v) is 8.53. The van der Waals surface area contributed by atoms with Gasteiger partial charge in [0.05, 0.1) is 6.54 Å². The van der Waals surface area contributed by atoms with E-state index in [0.29, 0.717) is 11.4 Å². The summed E-state index contributed by atoms with van der Waals surface area (Å²) in [5, 5.41) is 9.00. The average Bonchev–Trinajstić information content (AvgIpc) is 3.13. The van der Waals surface area contributed by atoms with Gasteiger partial charge in [0.15, 0.2) is 11.5 Å². The Balaban J connectivity index is 1.57. The second-order valence-corrected chi connectivity index (χ2v) is 6.42. The molecule has 7 nitrogen and oxygen atoms in total. The molecule has 0 saturated carbocycles. The van der Waals surface area contributed by atoms with Crippen LogP contribution in [0.15, 0.2) is 57.8 Å². The van der Waals surface area contributed by atoms with Crippen LogP contribution in [0.25, 0.3) is 11.3 Å². The maximum Gasteiger partial charge on any atom is 0.273 e. The van der Waals surface area contributed by atoms with Crippen molar-refractivity contribution in [1.29, 1.82) is 0 Å². The summed E-state index contributed by atoms with van der Waals surface area (Å²) in [4.78, 5) is 28.1. The number of hydrogen-bond acceptors (Lipinski definition) is 5. The van der Waals surface area contributed by atoms with Gasteiger partial charge in [0.25, 0.3) is 5.91 Å². The third kappa shape index (κ3) is 4.34. The molecular weight excluding hydrogens is 400 g/mol. The monoisotopic (exact) mass is 414 g/mol. The lowest BCUT2D eigenvalue weighted by Gasteiger charge is -2.09. The van der Waals surface area contributed by atoms with E-state index in [2.05, 4.69) is 36.7 Å². The van der Waals surface area contributed by atoms with Crippen molar-refractivity contribution in [1.82, 2.24) is 15.5 Å². The topological polar surface area (TPSA) is 97.1 Å². The number of hydrogen-bond donors (Lipinski definition) is 2. The molecule has 0 spiro atoms.